The van der Waals surface area contributed by atoms with E-state index >= 15 is 0 Å². The number of guanidine groups is 1. The van der Waals surface area contributed by atoms with E-state index in [0.717, 1.165) is 18.5 Å². The van der Waals surface area contributed by atoms with Crippen LogP contribution >= 0.6 is 0 Å². The van der Waals surface area contributed by atoms with Crippen LogP contribution in [0.15, 0.2) is 29.3 Å². The summed E-state index contributed by atoms with van der Waals surface area (Å²) in [5.41, 5.74) is 6.86. The van der Waals surface area contributed by atoms with Gasteiger partial charge in [0.05, 0.1) is 6.04 Å². The molecule has 0 radical (unpaired) electrons. The summed E-state index contributed by atoms with van der Waals surface area (Å²) in [6.07, 6.45) is 5.98. The minimum atomic E-state index is -0.249. The maximum Gasteiger partial charge on any atom is 0.196 e. The molecule has 3 nitrogen and oxygen atoms in total. The van der Waals surface area contributed by atoms with Crippen LogP contribution in [0.3, 0.4) is 0 Å². The molecule has 2 rings (SSSR count). The number of hydrogen-bond acceptors (Lipinski definition) is 1. The maximum absolute atomic E-state index is 13.3. The van der Waals surface area contributed by atoms with E-state index in [0.29, 0.717) is 18.5 Å². The minimum Gasteiger partial charge on any atom is -0.370 e. The highest BCUT2D eigenvalue weighted by atomic mass is 19.1. The molecule has 1 fully saturated rings. The van der Waals surface area contributed by atoms with Gasteiger partial charge in [-0.05, 0) is 38.0 Å². The van der Waals surface area contributed by atoms with Crippen molar-refractivity contribution in [3.05, 3.63) is 30.1 Å². The van der Waals surface area contributed by atoms with Gasteiger partial charge < -0.3 is 10.6 Å². The lowest BCUT2D eigenvalue weighted by Gasteiger charge is -2.25. The summed E-state index contributed by atoms with van der Waals surface area (Å²) in [7, 11) is 0. The standard InChI is InChI=1S/C15H22FN3/c1-2-19(14-10-6-7-12(16)11-14)15(17)18-13-8-4-3-5-9-13/h6-7,10-11,13H,2-5,8-9H2,1H3,(H2,17,18). The first-order chi connectivity index (χ1) is 9.20. The van der Waals surface area contributed by atoms with Crippen molar-refractivity contribution in [1.29, 1.82) is 0 Å². The molecular weight excluding hydrogens is 241 g/mol. The Morgan fingerprint density at radius 1 is 1.37 bits per heavy atom. The van der Waals surface area contributed by atoms with Crippen LogP contribution in [-0.4, -0.2) is 18.5 Å². The van der Waals surface area contributed by atoms with Crippen molar-refractivity contribution in [3.63, 3.8) is 0 Å². The largest absolute Gasteiger partial charge is 0.370 e. The fourth-order valence-corrected chi connectivity index (χ4v) is 2.59. The number of nitrogens with two attached hydrogens (primary N) is 1. The van der Waals surface area contributed by atoms with Gasteiger partial charge in [-0.25, -0.2) is 9.38 Å². The molecule has 1 aliphatic carbocycles. The summed E-state index contributed by atoms with van der Waals surface area (Å²) in [4.78, 5) is 6.47. The molecule has 0 saturated heterocycles. The third-order valence-corrected chi connectivity index (χ3v) is 3.60. The summed E-state index contributed by atoms with van der Waals surface area (Å²) in [5, 5.41) is 0. The Morgan fingerprint density at radius 3 is 2.74 bits per heavy atom. The van der Waals surface area contributed by atoms with Crippen LogP contribution in [0.5, 0.6) is 0 Å². The topological polar surface area (TPSA) is 41.6 Å². The van der Waals surface area contributed by atoms with Crippen molar-refractivity contribution >= 4 is 11.6 Å². The minimum absolute atomic E-state index is 0.249. The van der Waals surface area contributed by atoms with Crippen LogP contribution in [0.2, 0.25) is 0 Å². The third-order valence-electron chi connectivity index (χ3n) is 3.60. The molecule has 4 heteroatoms. The Balaban J connectivity index is 2.14. The molecule has 0 spiro atoms. The molecule has 0 aliphatic heterocycles. The van der Waals surface area contributed by atoms with E-state index in [4.69, 9.17) is 5.73 Å². The Bertz CT molecular complexity index is 439. The first kappa shape index (κ1) is 13.8. The molecule has 0 heterocycles. The highest BCUT2D eigenvalue weighted by Gasteiger charge is 2.15. The van der Waals surface area contributed by atoms with Crippen molar-refractivity contribution in [3.8, 4) is 0 Å². The molecule has 0 aromatic heterocycles. The molecule has 1 aliphatic rings. The highest BCUT2D eigenvalue weighted by molar-refractivity contribution is 5.94. The van der Waals surface area contributed by atoms with Gasteiger partial charge in [-0.3, -0.25) is 0 Å². The third kappa shape index (κ3) is 3.69. The molecule has 104 valence electrons. The second-order valence-corrected chi connectivity index (χ2v) is 5.00. The van der Waals surface area contributed by atoms with E-state index in [-0.39, 0.29) is 5.82 Å². The van der Waals surface area contributed by atoms with Crippen LogP contribution in [0.1, 0.15) is 39.0 Å². The lowest BCUT2D eigenvalue weighted by Crippen LogP contribution is -2.38. The number of benzene rings is 1. The lowest BCUT2D eigenvalue weighted by atomic mass is 9.96. The van der Waals surface area contributed by atoms with Crippen molar-refractivity contribution < 1.29 is 4.39 Å². The molecule has 1 aromatic carbocycles. The molecule has 1 aromatic rings. The van der Waals surface area contributed by atoms with Crippen LogP contribution < -0.4 is 10.6 Å². The second kappa shape index (κ2) is 6.55. The van der Waals surface area contributed by atoms with Crippen molar-refractivity contribution in [1.82, 2.24) is 0 Å². The lowest BCUT2D eigenvalue weighted by molar-refractivity contribution is 0.442. The number of hydrogen-bond donors (Lipinski definition) is 1. The second-order valence-electron chi connectivity index (χ2n) is 5.00. The summed E-state index contributed by atoms with van der Waals surface area (Å²) in [5.74, 6) is 0.251. The quantitative estimate of drug-likeness (QED) is 0.671. The van der Waals surface area contributed by atoms with Gasteiger partial charge in [0.1, 0.15) is 5.82 Å². The summed E-state index contributed by atoms with van der Waals surface area (Å²) < 4.78 is 13.3. The number of anilines is 1. The van der Waals surface area contributed by atoms with Gasteiger partial charge in [-0.2, -0.15) is 0 Å². The van der Waals surface area contributed by atoms with E-state index in [9.17, 15) is 4.39 Å². The van der Waals surface area contributed by atoms with Gasteiger partial charge in [0, 0.05) is 12.2 Å². The molecule has 0 atom stereocenters. The van der Waals surface area contributed by atoms with Crippen molar-refractivity contribution in [2.75, 3.05) is 11.4 Å². The molecule has 0 unspecified atom stereocenters. The van der Waals surface area contributed by atoms with E-state index in [1.165, 1.54) is 31.4 Å². The van der Waals surface area contributed by atoms with E-state index < -0.39 is 0 Å². The van der Waals surface area contributed by atoms with Crippen molar-refractivity contribution in [2.24, 2.45) is 10.7 Å². The van der Waals surface area contributed by atoms with Gasteiger partial charge >= 0.3 is 0 Å². The average Bonchev–Trinajstić information content (AvgIpc) is 2.41. The monoisotopic (exact) mass is 263 g/mol. The molecule has 2 N–H and O–H groups in total. The van der Waals surface area contributed by atoms with E-state index in [1.54, 1.807) is 6.07 Å². The number of nitrogens with zero attached hydrogens (tertiary/aromatic N) is 2. The number of aliphatic imine (C=N–C) groups is 1. The normalized spacial score (nSPS) is 17.5. The predicted molar refractivity (Wildman–Crippen MR) is 77.9 cm³/mol. The van der Waals surface area contributed by atoms with Crippen LogP contribution in [0.4, 0.5) is 10.1 Å². The molecule has 0 amide bonds. The molecular formula is C15H22FN3. The fourth-order valence-electron chi connectivity index (χ4n) is 2.59. The predicted octanol–water partition coefficient (Wildman–Crippen LogP) is 3.30. The Kier molecular flexibility index (Phi) is 4.77. The smallest absolute Gasteiger partial charge is 0.196 e. The Labute approximate surface area is 114 Å². The number of rotatable bonds is 3. The highest BCUT2D eigenvalue weighted by Crippen LogP contribution is 2.21. The summed E-state index contributed by atoms with van der Waals surface area (Å²) in [6.45, 7) is 2.68. The molecule has 1 saturated carbocycles. The molecule has 19 heavy (non-hydrogen) atoms. The zero-order valence-electron chi connectivity index (χ0n) is 11.5. The fraction of sp³-hybridized carbons (Fsp3) is 0.533. The van der Waals surface area contributed by atoms with Gasteiger partial charge in [0.25, 0.3) is 0 Å². The van der Waals surface area contributed by atoms with Crippen LogP contribution in [0, 0.1) is 5.82 Å². The van der Waals surface area contributed by atoms with E-state index in [1.807, 2.05) is 17.9 Å². The van der Waals surface area contributed by atoms with Crippen molar-refractivity contribution in [2.45, 2.75) is 45.1 Å². The SMILES string of the molecule is CCN(C(N)=NC1CCCCC1)c1cccc(F)c1. The Morgan fingerprint density at radius 2 is 2.11 bits per heavy atom. The van der Waals surface area contributed by atoms with Gasteiger partial charge in [-0.15, -0.1) is 0 Å². The van der Waals surface area contributed by atoms with Gasteiger partial charge in [0.15, 0.2) is 5.96 Å². The maximum atomic E-state index is 13.3. The summed E-state index contributed by atoms with van der Waals surface area (Å²) in [6, 6.07) is 6.81. The first-order valence-corrected chi connectivity index (χ1v) is 7.07. The number of halogens is 1. The molecule has 0 bridgehead atoms. The zero-order chi connectivity index (χ0) is 13.7. The average molecular weight is 263 g/mol. The Hall–Kier alpha value is -1.58. The first-order valence-electron chi connectivity index (χ1n) is 7.07. The van der Waals surface area contributed by atoms with Gasteiger partial charge in [0.2, 0.25) is 0 Å². The van der Waals surface area contributed by atoms with Crippen LogP contribution in [0.25, 0.3) is 0 Å². The summed E-state index contributed by atoms with van der Waals surface area (Å²) >= 11 is 0. The van der Waals surface area contributed by atoms with Gasteiger partial charge in [-0.1, -0.05) is 25.3 Å². The van der Waals surface area contributed by atoms with E-state index in [2.05, 4.69) is 4.99 Å². The van der Waals surface area contributed by atoms with Crippen LogP contribution in [-0.2, 0) is 0 Å². The zero-order valence-corrected chi connectivity index (χ0v) is 11.5.